The fraction of sp³-hybridized carbons (Fsp3) is 0.400. The van der Waals surface area contributed by atoms with Gasteiger partial charge in [-0.2, -0.15) is 4.21 Å². The van der Waals surface area contributed by atoms with Crippen LogP contribution in [0.15, 0.2) is 24.3 Å². The van der Waals surface area contributed by atoms with Crippen molar-refractivity contribution in [1.29, 1.82) is 0 Å². The summed E-state index contributed by atoms with van der Waals surface area (Å²) in [5, 5.41) is 0. The Hall–Kier alpha value is -0.780. The van der Waals surface area contributed by atoms with Gasteiger partial charge in [0.1, 0.15) is 5.82 Å². The van der Waals surface area contributed by atoms with Crippen molar-refractivity contribution in [3.05, 3.63) is 35.6 Å². The quantitative estimate of drug-likeness (QED) is 0.752. The molecule has 0 amide bonds. The molecule has 1 rings (SSSR count). The molecule has 0 saturated carbocycles. The smallest absolute Gasteiger partial charge is 0.269 e. The molecule has 3 nitrogen and oxygen atoms in total. The van der Waals surface area contributed by atoms with E-state index < -0.39 is 11.4 Å². The number of benzene rings is 1. The van der Waals surface area contributed by atoms with Gasteiger partial charge < -0.3 is 0 Å². The lowest BCUT2D eigenvalue weighted by Crippen LogP contribution is -2.05. The second-order valence-corrected chi connectivity index (χ2v) is 3.65. The third-order valence-corrected chi connectivity index (χ3v) is 2.51. The first-order valence-corrected chi connectivity index (χ1v) is 5.65. The molecule has 0 aliphatic heterocycles. The topological polar surface area (TPSA) is 35.5 Å². The molecule has 0 aliphatic rings. The molecule has 0 bridgehead atoms. The van der Waals surface area contributed by atoms with Crippen molar-refractivity contribution in [3.63, 3.8) is 0 Å². The fourth-order valence-electron chi connectivity index (χ4n) is 1.05. The Bertz CT molecular complexity index is 330. The highest BCUT2D eigenvalue weighted by Crippen LogP contribution is 2.07. The van der Waals surface area contributed by atoms with Gasteiger partial charge in [0.25, 0.3) is 0 Å². The maximum absolute atomic E-state index is 13.1. The van der Waals surface area contributed by atoms with E-state index >= 15 is 0 Å². The van der Waals surface area contributed by atoms with Gasteiger partial charge in [0.2, 0.25) is 0 Å². The molecule has 0 aliphatic carbocycles. The second kappa shape index (κ2) is 6.66. The van der Waals surface area contributed by atoms with Crippen LogP contribution in [0, 0.1) is 5.82 Å². The summed E-state index contributed by atoms with van der Waals surface area (Å²) in [7, 11) is 0. The van der Waals surface area contributed by atoms with Crippen LogP contribution >= 0.6 is 0 Å². The van der Waals surface area contributed by atoms with E-state index in [0.717, 1.165) is 0 Å². The summed E-state index contributed by atoms with van der Waals surface area (Å²) < 4.78 is 33.5. The van der Waals surface area contributed by atoms with Gasteiger partial charge in [-0.1, -0.05) is 18.2 Å². The minimum absolute atomic E-state index is 0.174. The van der Waals surface area contributed by atoms with Crippen LogP contribution in [-0.4, -0.2) is 17.4 Å². The summed E-state index contributed by atoms with van der Waals surface area (Å²) in [4.78, 5) is 0. The van der Waals surface area contributed by atoms with Gasteiger partial charge in [-0.05, 0) is 18.6 Å². The molecule has 5 heteroatoms. The molecule has 0 spiro atoms. The Kier molecular flexibility index (Phi) is 5.45. The molecule has 84 valence electrons. The SMILES string of the molecule is CCOS(=O)OCCc1ccccc1F. The monoisotopic (exact) mass is 232 g/mol. The van der Waals surface area contributed by atoms with E-state index in [0.29, 0.717) is 18.6 Å². The van der Waals surface area contributed by atoms with Gasteiger partial charge in [0.05, 0.1) is 13.2 Å². The molecule has 1 aromatic rings. The molecule has 0 heterocycles. The molecular weight excluding hydrogens is 219 g/mol. The van der Waals surface area contributed by atoms with Crippen LogP contribution in [0.2, 0.25) is 0 Å². The first-order chi connectivity index (χ1) is 7.24. The molecule has 1 aromatic carbocycles. The normalized spacial score (nSPS) is 12.7. The fourth-order valence-corrected chi connectivity index (χ4v) is 1.53. The van der Waals surface area contributed by atoms with E-state index in [1.54, 1.807) is 25.1 Å². The predicted molar refractivity (Wildman–Crippen MR) is 55.8 cm³/mol. The maximum atomic E-state index is 13.1. The zero-order valence-electron chi connectivity index (χ0n) is 8.44. The zero-order chi connectivity index (χ0) is 11.1. The zero-order valence-corrected chi connectivity index (χ0v) is 9.26. The highest BCUT2D eigenvalue weighted by Gasteiger charge is 2.03. The molecule has 0 saturated heterocycles. The lowest BCUT2D eigenvalue weighted by molar-refractivity contribution is 0.260. The van der Waals surface area contributed by atoms with Gasteiger partial charge in [-0.3, -0.25) is 8.37 Å². The highest BCUT2D eigenvalue weighted by molar-refractivity contribution is 7.75. The summed E-state index contributed by atoms with van der Waals surface area (Å²) in [6.07, 6.45) is 0.380. The minimum atomic E-state index is -1.72. The molecule has 1 unspecified atom stereocenters. The van der Waals surface area contributed by atoms with E-state index in [-0.39, 0.29) is 12.4 Å². The van der Waals surface area contributed by atoms with E-state index in [4.69, 9.17) is 4.18 Å². The Morgan fingerprint density at radius 2 is 2.07 bits per heavy atom. The van der Waals surface area contributed by atoms with Crippen LogP contribution in [0.5, 0.6) is 0 Å². The molecule has 0 N–H and O–H groups in total. The van der Waals surface area contributed by atoms with E-state index in [1.165, 1.54) is 6.07 Å². The Balaban J connectivity index is 2.32. The standard InChI is InChI=1S/C10H13FO3S/c1-2-13-15(12)14-8-7-9-5-3-4-6-10(9)11/h3-6H,2,7-8H2,1H3. The van der Waals surface area contributed by atoms with E-state index in [9.17, 15) is 8.60 Å². The summed E-state index contributed by atoms with van der Waals surface area (Å²) in [6, 6.07) is 6.42. The van der Waals surface area contributed by atoms with Crippen LogP contribution < -0.4 is 0 Å². The highest BCUT2D eigenvalue weighted by atomic mass is 32.2. The molecule has 15 heavy (non-hydrogen) atoms. The number of rotatable bonds is 6. The minimum Gasteiger partial charge on any atom is -0.269 e. The largest absolute Gasteiger partial charge is 0.304 e. The van der Waals surface area contributed by atoms with Crippen molar-refractivity contribution < 1.29 is 17.0 Å². The lowest BCUT2D eigenvalue weighted by atomic mass is 10.1. The summed E-state index contributed by atoms with van der Waals surface area (Å²) in [5.74, 6) is -0.275. The molecule has 1 atom stereocenters. The van der Waals surface area contributed by atoms with Crippen LogP contribution in [-0.2, 0) is 26.1 Å². The van der Waals surface area contributed by atoms with E-state index in [2.05, 4.69) is 4.18 Å². The molecule has 0 fully saturated rings. The number of hydrogen-bond acceptors (Lipinski definition) is 3. The van der Waals surface area contributed by atoms with Crippen molar-refractivity contribution in [2.75, 3.05) is 13.2 Å². The summed E-state index contributed by atoms with van der Waals surface area (Å²) in [6.45, 7) is 2.22. The van der Waals surface area contributed by atoms with Crippen LogP contribution in [0.4, 0.5) is 4.39 Å². The van der Waals surface area contributed by atoms with Gasteiger partial charge in [-0.25, -0.2) is 4.39 Å². The van der Waals surface area contributed by atoms with Crippen molar-refractivity contribution in [1.82, 2.24) is 0 Å². The molecule has 0 aromatic heterocycles. The third-order valence-electron chi connectivity index (χ3n) is 1.72. The number of hydrogen-bond donors (Lipinski definition) is 0. The Morgan fingerprint density at radius 3 is 2.73 bits per heavy atom. The average molecular weight is 232 g/mol. The van der Waals surface area contributed by atoms with Gasteiger partial charge in [0.15, 0.2) is 0 Å². The van der Waals surface area contributed by atoms with Crippen LogP contribution in [0.25, 0.3) is 0 Å². The molecule has 0 radical (unpaired) electrons. The molecular formula is C10H13FO3S. The summed E-state index contributed by atoms with van der Waals surface area (Å²) >= 11 is -1.72. The van der Waals surface area contributed by atoms with Crippen molar-refractivity contribution >= 4 is 11.4 Å². The predicted octanol–water partition coefficient (Wildman–Crippen LogP) is 2.00. The Labute approximate surface area is 91.1 Å². The van der Waals surface area contributed by atoms with E-state index in [1.807, 2.05) is 0 Å². The summed E-state index contributed by atoms with van der Waals surface area (Å²) in [5.41, 5.74) is 0.547. The average Bonchev–Trinajstić information content (AvgIpc) is 2.21. The third kappa shape index (κ3) is 4.51. The van der Waals surface area contributed by atoms with Crippen LogP contribution in [0.1, 0.15) is 12.5 Å². The maximum Gasteiger partial charge on any atom is 0.304 e. The van der Waals surface area contributed by atoms with Crippen LogP contribution in [0.3, 0.4) is 0 Å². The second-order valence-electron chi connectivity index (χ2n) is 2.77. The van der Waals surface area contributed by atoms with Crippen molar-refractivity contribution in [2.45, 2.75) is 13.3 Å². The first-order valence-electron chi connectivity index (χ1n) is 4.65. The lowest BCUT2D eigenvalue weighted by Gasteiger charge is -2.03. The van der Waals surface area contributed by atoms with Crippen molar-refractivity contribution in [2.24, 2.45) is 0 Å². The number of halogens is 1. The van der Waals surface area contributed by atoms with Gasteiger partial charge >= 0.3 is 11.4 Å². The van der Waals surface area contributed by atoms with Crippen molar-refractivity contribution in [3.8, 4) is 0 Å². The Morgan fingerprint density at radius 1 is 1.33 bits per heavy atom. The van der Waals surface area contributed by atoms with Gasteiger partial charge in [0, 0.05) is 6.42 Å². The van der Waals surface area contributed by atoms with Gasteiger partial charge in [-0.15, -0.1) is 0 Å². The first kappa shape index (κ1) is 12.3.